The van der Waals surface area contributed by atoms with E-state index in [0.717, 1.165) is 5.56 Å². The predicted molar refractivity (Wildman–Crippen MR) is 130 cm³/mol. The maximum absolute atomic E-state index is 12.9. The number of benzene rings is 3. The second kappa shape index (κ2) is 10.2. The quantitative estimate of drug-likeness (QED) is 0.563. The fourth-order valence-electron chi connectivity index (χ4n) is 3.56. The number of hydrogen-bond donors (Lipinski definition) is 2. The Bertz CT molecular complexity index is 1300. The molecule has 8 nitrogen and oxygen atoms in total. The molecule has 0 radical (unpaired) electrons. The van der Waals surface area contributed by atoms with Crippen LogP contribution in [0.15, 0.2) is 77.7 Å². The van der Waals surface area contributed by atoms with E-state index >= 15 is 0 Å². The van der Waals surface area contributed by atoms with E-state index in [1.807, 2.05) is 13.0 Å². The number of anilines is 2. The SMILES string of the molecule is Cc1ccc(C(=O)Nc2cccc(S(=O)(=O)N3CCOCC3)c2)cc1NC(=O)c1ccccc1. The number of rotatable bonds is 6. The molecule has 1 saturated heterocycles. The largest absolute Gasteiger partial charge is 0.379 e. The molecule has 2 amide bonds. The van der Waals surface area contributed by atoms with Crippen LogP contribution in [-0.4, -0.2) is 50.8 Å². The number of carbonyl (C=O) groups excluding carboxylic acids is 2. The van der Waals surface area contributed by atoms with E-state index in [-0.39, 0.29) is 10.8 Å². The highest BCUT2D eigenvalue weighted by Gasteiger charge is 2.26. The summed E-state index contributed by atoms with van der Waals surface area (Å²) >= 11 is 0. The van der Waals surface area contributed by atoms with Gasteiger partial charge in [-0.15, -0.1) is 0 Å². The van der Waals surface area contributed by atoms with Crippen LogP contribution in [0.4, 0.5) is 11.4 Å². The first kappa shape index (κ1) is 23.6. The van der Waals surface area contributed by atoms with Crippen LogP contribution >= 0.6 is 0 Å². The van der Waals surface area contributed by atoms with Crippen molar-refractivity contribution in [2.75, 3.05) is 36.9 Å². The summed E-state index contributed by atoms with van der Waals surface area (Å²) in [4.78, 5) is 25.5. The van der Waals surface area contributed by atoms with Crippen LogP contribution in [0.3, 0.4) is 0 Å². The second-order valence-electron chi connectivity index (χ2n) is 7.85. The van der Waals surface area contributed by atoms with E-state index in [9.17, 15) is 18.0 Å². The number of aryl methyl sites for hydroxylation is 1. The summed E-state index contributed by atoms with van der Waals surface area (Å²) in [7, 11) is -3.68. The maximum Gasteiger partial charge on any atom is 0.255 e. The molecule has 0 unspecified atom stereocenters. The van der Waals surface area contributed by atoms with E-state index in [1.165, 1.54) is 16.4 Å². The number of carbonyl (C=O) groups is 2. The average Bonchev–Trinajstić information content (AvgIpc) is 2.86. The number of nitrogens with one attached hydrogen (secondary N) is 2. The minimum atomic E-state index is -3.68. The van der Waals surface area contributed by atoms with Crippen LogP contribution in [0.5, 0.6) is 0 Å². The lowest BCUT2D eigenvalue weighted by molar-refractivity contribution is 0.0730. The van der Waals surface area contributed by atoms with Crippen LogP contribution < -0.4 is 10.6 Å². The van der Waals surface area contributed by atoms with Crippen molar-refractivity contribution < 1.29 is 22.7 Å². The third-order valence-electron chi connectivity index (χ3n) is 5.48. The lowest BCUT2D eigenvalue weighted by Crippen LogP contribution is -2.40. The molecule has 176 valence electrons. The first-order valence-electron chi connectivity index (χ1n) is 10.8. The van der Waals surface area contributed by atoms with Crippen LogP contribution in [0, 0.1) is 6.92 Å². The topological polar surface area (TPSA) is 105 Å². The van der Waals surface area contributed by atoms with Crippen molar-refractivity contribution in [1.82, 2.24) is 4.31 Å². The second-order valence-corrected chi connectivity index (χ2v) is 9.79. The van der Waals surface area contributed by atoms with Gasteiger partial charge in [-0.3, -0.25) is 9.59 Å². The van der Waals surface area contributed by atoms with Gasteiger partial charge in [0.1, 0.15) is 0 Å². The number of nitrogens with zero attached hydrogens (tertiary/aromatic N) is 1. The van der Waals surface area contributed by atoms with Gasteiger partial charge in [-0.25, -0.2) is 8.42 Å². The van der Waals surface area contributed by atoms with Gasteiger partial charge in [-0.1, -0.05) is 30.3 Å². The first-order chi connectivity index (χ1) is 16.3. The Morgan fingerprint density at radius 3 is 2.26 bits per heavy atom. The van der Waals surface area contributed by atoms with Crippen LogP contribution in [0.1, 0.15) is 26.3 Å². The Balaban J connectivity index is 1.50. The fraction of sp³-hybridized carbons (Fsp3) is 0.200. The Morgan fingerprint density at radius 1 is 0.824 bits per heavy atom. The van der Waals surface area contributed by atoms with Gasteiger partial charge >= 0.3 is 0 Å². The molecule has 9 heteroatoms. The van der Waals surface area contributed by atoms with Crippen molar-refractivity contribution >= 4 is 33.2 Å². The van der Waals surface area contributed by atoms with Crippen molar-refractivity contribution in [1.29, 1.82) is 0 Å². The lowest BCUT2D eigenvalue weighted by Gasteiger charge is -2.26. The average molecular weight is 480 g/mol. The van der Waals surface area contributed by atoms with E-state index in [0.29, 0.717) is 48.8 Å². The summed E-state index contributed by atoms with van der Waals surface area (Å²) < 4.78 is 32.4. The molecule has 0 atom stereocenters. The molecule has 1 aliphatic rings. The van der Waals surface area contributed by atoms with E-state index < -0.39 is 15.9 Å². The summed E-state index contributed by atoms with van der Waals surface area (Å²) in [6.45, 7) is 3.13. The Labute approximate surface area is 198 Å². The zero-order valence-corrected chi connectivity index (χ0v) is 19.5. The molecule has 3 aromatic rings. The van der Waals surface area contributed by atoms with Gasteiger partial charge in [0.15, 0.2) is 0 Å². The molecule has 0 aromatic heterocycles. The molecule has 0 spiro atoms. The predicted octanol–water partition coefficient (Wildman–Crippen LogP) is 3.52. The number of sulfonamides is 1. The Hall–Kier alpha value is -3.53. The van der Waals surface area contributed by atoms with E-state index in [4.69, 9.17) is 4.74 Å². The molecule has 0 saturated carbocycles. The molecule has 4 rings (SSSR count). The minimum absolute atomic E-state index is 0.104. The molecule has 1 fully saturated rings. The molecular weight excluding hydrogens is 454 g/mol. The van der Waals surface area contributed by atoms with E-state index in [2.05, 4.69) is 10.6 Å². The molecule has 1 aliphatic heterocycles. The van der Waals surface area contributed by atoms with Crippen molar-refractivity contribution in [2.45, 2.75) is 11.8 Å². The van der Waals surface area contributed by atoms with Gasteiger partial charge in [0.25, 0.3) is 11.8 Å². The van der Waals surface area contributed by atoms with Crippen LogP contribution in [0.25, 0.3) is 0 Å². The van der Waals surface area contributed by atoms with Crippen molar-refractivity contribution in [3.8, 4) is 0 Å². The molecule has 2 N–H and O–H groups in total. The van der Waals surface area contributed by atoms with Crippen molar-refractivity contribution in [3.05, 3.63) is 89.5 Å². The molecule has 0 bridgehead atoms. The van der Waals surface area contributed by atoms with Gasteiger partial charge < -0.3 is 15.4 Å². The normalized spacial score (nSPS) is 14.4. The third kappa shape index (κ3) is 5.33. The summed E-state index contributed by atoms with van der Waals surface area (Å²) in [5.74, 6) is -0.696. The number of ether oxygens (including phenoxy) is 1. The first-order valence-corrected chi connectivity index (χ1v) is 12.2. The standard InChI is InChI=1S/C25H25N3O5S/c1-18-10-11-20(16-23(18)27-24(29)19-6-3-2-4-7-19)25(30)26-21-8-5-9-22(17-21)34(31,32)28-12-14-33-15-13-28/h2-11,16-17H,12-15H2,1H3,(H,26,30)(H,27,29). The van der Waals surface area contributed by atoms with Gasteiger partial charge in [-0.05, 0) is 55.0 Å². The zero-order chi connectivity index (χ0) is 24.1. The fourth-order valence-corrected chi connectivity index (χ4v) is 5.01. The number of amides is 2. The Kier molecular flexibility index (Phi) is 7.06. The van der Waals surface area contributed by atoms with Gasteiger partial charge in [0.2, 0.25) is 10.0 Å². The van der Waals surface area contributed by atoms with Gasteiger partial charge in [0, 0.05) is 35.6 Å². The van der Waals surface area contributed by atoms with Crippen LogP contribution in [0.2, 0.25) is 0 Å². The highest BCUT2D eigenvalue weighted by molar-refractivity contribution is 7.89. The van der Waals surface area contributed by atoms with Gasteiger partial charge in [0.05, 0.1) is 18.1 Å². The van der Waals surface area contributed by atoms with Crippen LogP contribution in [-0.2, 0) is 14.8 Å². The van der Waals surface area contributed by atoms with E-state index in [1.54, 1.807) is 54.6 Å². The summed E-state index contributed by atoms with van der Waals surface area (Å²) in [6.07, 6.45) is 0. The zero-order valence-electron chi connectivity index (χ0n) is 18.7. The Morgan fingerprint density at radius 2 is 1.53 bits per heavy atom. The summed E-state index contributed by atoms with van der Waals surface area (Å²) in [5.41, 5.74) is 2.52. The number of hydrogen-bond acceptors (Lipinski definition) is 5. The summed E-state index contributed by atoms with van der Waals surface area (Å²) in [6, 6.07) is 19.9. The van der Waals surface area contributed by atoms with Gasteiger partial charge in [-0.2, -0.15) is 4.31 Å². The summed E-state index contributed by atoms with van der Waals surface area (Å²) in [5, 5.41) is 5.58. The molecule has 0 aliphatic carbocycles. The minimum Gasteiger partial charge on any atom is -0.379 e. The van der Waals surface area contributed by atoms with Crippen molar-refractivity contribution in [3.63, 3.8) is 0 Å². The highest BCUT2D eigenvalue weighted by Crippen LogP contribution is 2.22. The monoisotopic (exact) mass is 479 g/mol. The third-order valence-corrected chi connectivity index (χ3v) is 7.38. The molecule has 34 heavy (non-hydrogen) atoms. The lowest BCUT2D eigenvalue weighted by atomic mass is 10.1. The molecule has 1 heterocycles. The molecular formula is C25H25N3O5S. The molecule has 3 aromatic carbocycles. The van der Waals surface area contributed by atoms with Crippen molar-refractivity contribution in [2.24, 2.45) is 0 Å². The maximum atomic E-state index is 12.9. The number of morpholine rings is 1. The highest BCUT2D eigenvalue weighted by atomic mass is 32.2. The smallest absolute Gasteiger partial charge is 0.255 e.